The van der Waals surface area contributed by atoms with Gasteiger partial charge in [0.15, 0.2) is 0 Å². The number of benzene rings is 1. The van der Waals surface area contributed by atoms with Crippen molar-refractivity contribution in [2.45, 2.75) is 46.1 Å². The molecule has 1 heterocycles. The van der Waals surface area contributed by atoms with Gasteiger partial charge < -0.3 is 5.32 Å². The second kappa shape index (κ2) is 7.93. The zero-order chi connectivity index (χ0) is 15.1. The zero-order valence-electron chi connectivity index (χ0n) is 13.3. The van der Waals surface area contributed by atoms with Crippen molar-refractivity contribution in [2.75, 3.05) is 6.54 Å². The lowest BCUT2D eigenvalue weighted by Gasteiger charge is -2.19. The minimum atomic E-state index is 0.286. The van der Waals surface area contributed by atoms with Gasteiger partial charge in [0.05, 0.1) is 17.9 Å². The van der Waals surface area contributed by atoms with Crippen molar-refractivity contribution in [1.82, 2.24) is 20.3 Å². The topological polar surface area (TPSA) is 42.7 Å². The first-order valence-electron chi connectivity index (χ1n) is 7.95. The molecule has 1 N–H and O–H groups in total. The monoisotopic (exact) mass is 286 g/mol. The number of aromatic nitrogens is 3. The number of nitrogens with one attached hydrogen (secondary N) is 1. The smallest absolute Gasteiger partial charge is 0.100 e. The van der Waals surface area contributed by atoms with E-state index in [9.17, 15) is 0 Å². The van der Waals surface area contributed by atoms with E-state index in [2.05, 4.69) is 36.3 Å². The minimum absolute atomic E-state index is 0.286. The summed E-state index contributed by atoms with van der Waals surface area (Å²) in [5.74, 6) is 0.695. The van der Waals surface area contributed by atoms with Crippen molar-refractivity contribution >= 4 is 0 Å². The normalized spacial score (nSPS) is 14.0. The van der Waals surface area contributed by atoms with Crippen LogP contribution in [-0.2, 0) is 0 Å². The SMILES string of the molecule is CCCC(C)CC(NCC)c1cnn(-c2ccccc2)n1. The van der Waals surface area contributed by atoms with Crippen LogP contribution in [-0.4, -0.2) is 21.5 Å². The molecule has 0 spiro atoms. The Hall–Kier alpha value is -1.68. The van der Waals surface area contributed by atoms with E-state index in [0.717, 1.165) is 24.3 Å². The van der Waals surface area contributed by atoms with Crippen molar-refractivity contribution in [3.05, 3.63) is 42.2 Å². The summed E-state index contributed by atoms with van der Waals surface area (Å²) in [7, 11) is 0. The third-order valence-electron chi connectivity index (χ3n) is 3.72. The number of para-hydroxylation sites is 1. The molecule has 2 rings (SSSR count). The first kappa shape index (κ1) is 15.7. The third kappa shape index (κ3) is 4.39. The van der Waals surface area contributed by atoms with Crippen LogP contribution in [0.4, 0.5) is 0 Å². The number of hydrogen-bond acceptors (Lipinski definition) is 3. The highest BCUT2D eigenvalue weighted by molar-refractivity contribution is 5.28. The fraction of sp³-hybridized carbons (Fsp3) is 0.529. The molecule has 0 aliphatic rings. The van der Waals surface area contributed by atoms with Crippen molar-refractivity contribution in [3.8, 4) is 5.69 Å². The molecular weight excluding hydrogens is 260 g/mol. The maximum Gasteiger partial charge on any atom is 0.100 e. The van der Waals surface area contributed by atoms with Crippen molar-refractivity contribution in [3.63, 3.8) is 0 Å². The lowest BCUT2D eigenvalue weighted by atomic mass is 9.96. The summed E-state index contributed by atoms with van der Waals surface area (Å²) < 4.78 is 0. The van der Waals surface area contributed by atoms with Gasteiger partial charge in [-0.15, -0.1) is 0 Å². The molecule has 0 aliphatic heterocycles. The van der Waals surface area contributed by atoms with E-state index in [1.54, 1.807) is 4.80 Å². The highest BCUT2D eigenvalue weighted by Crippen LogP contribution is 2.22. The Morgan fingerprint density at radius 1 is 1.19 bits per heavy atom. The molecule has 1 aromatic carbocycles. The summed E-state index contributed by atoms with van der Waals surface area (Å²) in [6.07, 6.45) is 5.49. The maximum atomic E-state index is 4.66. The van der Waals surface area contributed by atoms with Crippen LogP contribution in [0.2, 0.25) is 0 Å². The van der Waals surface area contributed by atoms with Crippen LogP contribution in [0.15, 0.2) is 36.5 Å². The molecule has 2 aromatic rings. The summed E-state index contributed by atoms with van der Waals surface area (Å²) in [6, 6.07) is 10.3. The van der Waals surface area contributed by atoms with Crippen LogP contribution in [0.1, 0.15) is 51.8 Å². The van der Waals surface area contributed by atoms with Crippen LogP contribution in [0.25, 0.3) is 5.69 Å². The first-order chi connectivity index (χ1) is 10.2. The summed E-state index contributed by atoms with van der Waals surface area (Å²) in [5.41, 5.74) is 2.03. The van der Waals surface area contributed by atoms with Gasteiger partial charge in [0.2, 0.25) is 0 Å². The molecule has 0 saturated heterocycles. The predicted molar refractivity (Wildman–Crippen MR) is 86.5 cm³/mol. The number of hydrogen-bond donors (Lipinski definition) is 1. The van der Waals surface area contributed by atoms with E-state index in [-0.39, 0.29) is 6.04 Å². The predicted octanol–water partition coefficient (Wildman–Crippen LogP) is 3.74. The van der Waals surface area contributed by atoms with E-state index in [1.165, 1.54) is 12.8 Å². The van der Waals surface area contributed by atoms with Gasteiger partial charge >= 0.3 is 0 Å². The highest BCUT2D eigenvalue weighted by Gasteiger charge is 2.17. The van der Waals surface area contributed by atoms with Gasteiger partial charge in [0.25, 0.3) is 0 Å². The first-order valence-corrected chi connectivity index (χ1v) is 7.95. The van der Waals surface area contributed by atoms with Gasteiger partial charge in [0, 0.05) is 0 Å². The Labute approximate surface area is 127 Å². The van der Waals surface area contributed by atoms with Crippen LogP contribution >= 0.6 is 0 Å². The summed E-state index contributed by atoms with van der Waals surface area (Å²) >= 11 is 0. The van der Waals surface area contributed by atoms with Gasteiger partial charge in [-0.1, -0.05) is 51.8 Å². The lowest BCUT2D eigenvalue weighted by Crippen LogP contribution is -2.23. The van der Waals surface area contributed by atoms with Crippen LogP contribution in [0.3, 0.4) is 0 Å². The van der Waals surface area contributed by atoms with Gasteiger partial charge in [-0.3, -0.25) is 0 Å². The minimum Gasteiger partial charge on any atom is -0.309 e. The Balaban J connectivity index is 2.12. The third-order valence-corrected chi connectivity index (χ3v) is 3.72. The highest BCUT2D eigenvalue weighted by atomic mass is 15.5. The zero-order valence-corrected chi connectivity index (χ0v) is 13.3. The molecule has 114 valence electrons. The lowest BCUT2D eigenvalue weighted by molar-refractivity contribution is 0.388. The van der Waals surface area contributed by atoms with E-state index < -0.39 is 0 Å². The Bertz CT molecular complexity index is 521. The van der Waals surface area contributed by atoms with Crippen LogP contribution < -0.4 is 5.32 Å². The summed E-state index contributed by atoms with van der Waals surface area (Å²) in [6.45, 7) is 7.64. The Kier molecular flexibility index (Phi) is 5.93. The molecule has 4 nitrogen and oxygen atoms in total. The molecule has 21 heavy (non-hydrogen) atoms. The van der Waals surface area contributed by atoms with Crippen LogP contribution in [0.5, 0.6) is 0 Å². The van der Waals surface area contributed by atoms with E-state index >= 15 is 0 Å². The van der Waals surface area contributed by atoms with E-state index in [0.29, 0.717) is 5.92 Å². The molecule has 0 aliphatic carbocycles. The van der Waals surface area contributed by atoms with Crippen molar-refractivity contribution < 1.29 is 0 Å². The molecule has 1 aromatic heterocycles. The molecule has 2 unspecified atom stereocenters. The molecule has 2 atom stereocenters. The molecule has 4 heteroatoms. The van der Waals surface area contributed by atoms with Gasteiger partial charge in [-0.25, -0.2) is 0 Å². The van der Waals surface area contributed by atoms with E-state index in [4.69, 9.17) is 0 Å². The second-order valence-electron chi connectivity index (χ2n) is 5.63. The summed E-state index contributed by atoms with van der Waals surface area (Å²) in [4.78, 5) is 1.71. The number of nitrogens with zero attached hydrogens (tertiary/aromatic N) is 3. The maximum absolute atomic E-state index is 4.66. The molecule has 0 fully saturated rings. The molecular formula is C17H26N4. The van der Waals surface area contributed by atoms with Gasteiger partial charge in [0.1, 0.15) is 5.69 Å². The van der Waals surface area contributed by atoms with Gasteiger partial charge in [-0.2, -0.15) is 15.0 Å². The number of rotatable bonds is 8. The average Bonchev–Trinajstić information content (AvgIpc) is 2.98. The van der Waals surface area contributed by atoms with Crippen molar-refractivity contribution in [2.24, 2.45) is 5.92 Å². The average molecular weight is 286 g/mol. The molecule has 0 radical (unpaired) electrons. The quantitative estimate of drug-likeness (QED) is 0.803. The Morgan fingerprint density at radius 3 is 2.62 bits per heavy atom. The van der Waals surface area contributed by atoms with Crippen LogP contribution in [0, 0.1) is 5.92 Å². The molecule has 0 saturated carbocycles. The fourth-order valence-electron chi connectivity index (χ4n) is 2.69. The fourth-order valence-corrected chi connectivity index (χ4v) is 2.69. The summed E-state index contributed by atoms with van der Waals surface area (Å²) in [5, 5.41) is 12.6. The molecule has 0 bridgehead atoms. The Morgan fingerprint density at radius 2 is 1.95 bits per heavy atom. The standard InChI is InChI=1S/C17H26N4/c1-4-9-14(3)12-16(18-5-2)17-13-19-21(20-17)15-10-7-6-8-11-15/h6-8,10-11,13-14,16,18H,4-5,9,12H2,1-3H3. The second-order valence-corrected chi connectivity index (χ2v) is 5.63. The molecule has 0 amide bonds. The largest absolute Gasteiger partial charge is 0.309 e. The van der Waals surface area contributed by atoms with Gasteiger partial charge in [-0.05, 0) is 31.0 Å². The van der Waals surface area contributed by atoms with Crippen molar-refractivity contribution in [1.29, 1.82) is 0 Å². The van der Waals surface area contributed by atoms with E-state index in [1.807, 2.05) is 36.5 Å².